The van der Waals surface area contributed by atoms with E-state index in [4.69, 9.17) is 19.6 Å². The van der Waals surface area contributed by atoms with Crippen LogP contribution in [0, 0.1) is 6.92 Å². The molecule has 1 aromatic heterocycles. The van der Waals surface area contributed by atoms with Crippen LogP contribution in [0.2, 0.25) is 0 Å². The van der Waals surface area contributed by atoms with Crippen LogP contribution in [-0.4, -0.2) is 36.6 Å². The van der Waals surface area contributed by atoms with Gasteiger partial charge in [-0.25, -0.2) is 4.98 Å². The van der Waals surface area contributed by atoms with Crippen molar-refractivity contribution in [2.24, 2.45) is 5.10 Å². The highest BCUT2D eigenvalue weighted by atomic mass is 16.5. The SMILES string of the molecule is CCOc1cc(C)c(-c2nc3ccccc3c(=O)n2N=Cc2ccc(N(C)C)cc2OCc2cccc3ccccc23)cc1C(C)C. The molecule has 1 heterocycles. The van der Waals surface area contributed by atoms with Gasteiger partial charge < -0.3 is 14.4 Å². The summed E-state index contributed by atoms with van der Waals surface area (Å²) in [6.45, 7) is 9.21. The van der Waals surface area contributed by atoms with E-state index in [2.05, 4.69) is 44.2 Å². The van der Waals surface area contributed by atoms with Gasteiger partial charge in [0.05, 0.1) is 23.7 Å². The maximum Gasteiger partial charge on any atom is 0.282 e. The largest absolute Gasteiger partial charge is 0.494 e. The van der Waals surface area contributed by atoms with Crippen molar-refractivity contribution in [3.63, 3.8) is 0 Å². The Balaban J connectivity index is 1.47. The molecule has 0 bridgehead atoms. The molecule has 0 aliphatic heterocycles. The lowest BCUT2D eigenvalue weighted by atomic mass is 9.96. The van der Waals surface area contributed by atoms with Crippen molar-refractivity contribution >= 4 is 33.6 Å². The second-order valence-electron chi connectivity index (χ2n) is 12.2. The third-order valence-corrected chi connectivity index (χ3v) is 8.36. The Labute approximate surface area is 275 Å². The number of para-hydroxylation sites is 1. The van der Waals surface area contributed by atoms with Crippen molar-refractivity contribution in [2.75, 3.05) is 25.6 Å². The van der Waals surface area contributed by atoms with E-state index in [1.807, 2.05) is 93.5 Å². The first-order chi connectivity index (χ1) is 22.7. The minimum absolute atomic E-state index is 0.205. The van der Waals surface area contributed by atoms with Gasteiger partial charge in [0.15, 0.2) is 5.82 Å². The van der Waals surface area contributed by atoms with Gasteiger partial charge in [-0.3, -0.25) is 4.79 Å². The molecular weight excluding hydrogens is 584 g/mol. The molecule has 0 spiro atoms. The van der Waals surface area contributed by atoms with Crippen molar-refractivity contribution in [3.8, 4) is 22.9 Å². The Kier molecular flexibility index (Phi) is 9.07. The van der Waals surface area contributed by atoms with Crippen molar-refractivity contribution < 1.29 is 9.47 Å². The van der Waals surface area contributed by atoms with E-state index in [0.717, 1.165) is 44.6 Å². The highest BCUT2D eigenvalue weighted by molar-refractivity contribution is 5.87. The number of aryl methyl sites for hydroxylation is 1. The van der Waals surface area contributed by atoms with Crippen molar-refractivity contribution in [3.05, 3.63) is 130 Å². The molecule has 0 N–H and O–H groups in total. The minimum Gasteiger partial charge on any atom is -0.494 e. The first-order valence-corrected chi connectivity index (χ1v) is 16.0. The summed E-state index contributed by atoms with van der Waals surface area (Å²) in [5.41, 5.74) is 6.02. The third kappa shape index (κ3) is 6.47. The van der Waals surface area contributed by atoms with Crippen LogP contribution < -0.4 is 19.9 Å². The van der Waals surface area contributed by atoms with Gasteiger partial charge in [-0.15, -0.1) is 0 Å². The van der Waals surface area contributed by atoms with Crippen LogP contribution in [-0.2, 0) is 6.61 Å². The van der Waals surface area contributed by atoms with Crippen LogP contribution in [0.1, 0.15) is 48.9 Å². The van der Waals surface area contributed by atoms with Crippen molar-refractivity contribution in [1.82, 2.24) is 9.66 Å². The van der Waals surface area contributed by atoms with Gasteiger partial charge in [0.1, 0.15) is 18.1 Å². The summed E-state index contributed by atoms with van der Waals surface area (Å²) in [7, 11) is 3.99. The molecule has 47 heavy (non-hydrogen) atoms. The molecule has 6 aromatic rings. The van der Waals surface area contributed by atoms with E-state index in [0.29, 0.717) is 35.7 Å². The predicted molar refractivity (Wildman–Crippen MR) is 193 cm³/mol. The minimum atomic E-state index is -0.246. The van der Waals surface area contributed by atoms with Gasteiger partial charge in [0.25, 0.3) is 5.56 Å². The van der Waals surface area contributed by atoms with Crippen molar-refractivity contribution in [1.29, 1.82) is 0 Å². The second-order valence-corrected chi connectivity index (χ2v) is 12.2. The van der Waals surface area contributed by atoms with Crippen LogP contribution in [0.15, 0.2) is 107 Å². The number of anilines is 1. The molecule has 6 rings (SSSR count). The number of benzene rings is 5. The van der Waals surface area contributed by atoms with Crippen LogP contribution in [0.25, 0.3) is 33.1 Å². The smallest absolute Gasteiger partial charge is 0.282 e. The summed E-state index contributed by atoms with van der Waals surface area (Å²) >= 11 is 0. The fraction of sp³-hybridized carbons (Fsp3) is 0.225. The van der Waals surface area contributed by atoms with E-state index in [9.17, 15) is 4.79 Å². The number of aromatic nitrogens is 2. The first kappa shape index (κ1) is 31.5. The van der Waals surface area contributed by atoms with Crippen LogP contribution >= 0.6 is 0 Å². The molecule has 0 saturated heterocycles. The maximum atomic E-state index is 14.1. The number of rotatable bonds is 10. The summed E-state index contributed by atoms with van der Waals surface area (Å²) in [6.07, 6.45) is 1.69. The van der Waals surface area contributed by atoms with Gasteiger partial charge in [-0.05, 0) is 83.6 Å². The van der Waals surface area contributed by atoms with Crippen LogP contribution in [0.3, 0.4) is 0 Å². The zero-order valence-corrected chi connectivity index (χ0v) is 27.8. The van der Waals surface area contributed by atoms with Gasteiger partial charge in [-0.2, -0.15) is 9.78 Å². The highest BCUT2D eigenvalue weighted by Crippen LogP contribution is 2.34. The monoisotopic (exact) mass is 624 g/mol. The molecule has 0 fully saturated rings. The van der Waals surface area contributed by atoms with Gasteiger partial charge in [-0.1, -0.05) is 68.4 Å². The van der Waals surface area contributed by atoms with Gasteiger partial charge in [0.2, 0.25) is 0 Å². The molecule has 0 radical (unpaired) electrons. The third-order valence-electron chi connectivity index (χ3n) is 8.36. The Morgan fingerprint density at radius 2 is 1.62 bits per heavy atom. The second kappa shape index (κ2) is 13.5. The number of nitrogens with zero attached hydrogens (tertiary/aromatic N) is 4. The Morgan fingerprint density at radius 3 is 2.38 bits per heavy atom. The number of ether oxygens (including phenoxy) is 2. The molecular formula is C40H40N4O3. The summed E-state index contributed by atoms with van der Waals surface area (Å²) in [5.74, 6) is 2.18. The lowest BCUT2D eigenvalue weighted by Crippen LogP contribution is -2.21. The molecule has 7 nitrogen and oxygen atoms in total. The molecule has 0 aliphatic carbocycles. The first-order valence-electron chi connectivity index (χ1n) is 16.0. The van der Waals surface area contributed by atoms with E-state index in [1.165, 1.54) is 10.1 Å². The Bertz CT molecular complexity index is 2160. The summed E-state index contributed by atoms with van der Waals surface area (Å²) < 4.78 is 13.9. The molecule has 0 aliphatic rings. The van der Waals surface area contributed by atoms with E-state index in [1.54, 1.807) is 12.3 Å². The lowest BCUT2D eigenvalue weighted by Gasteiger charge is -2.18. The molecule has 0 unspecified atom stereocenters. The zero-order chi connectivity index (χ0) is 33.1. The van der Waals surface area contributed by atoms with E-state index < -0.39 is 0 Å². The predicted octanol–water partition coefficient (Wildman–Crippen LogP) is 8.57. The summed E-state index contributed by atoms with van der Waals surface area (Å²) in [5, 5.41) is 7.62. The fourth-order valence-electron chi connectivity index (χ4n) is 5.80. The lowest BCUT2D eigenvalue weighted by molar-refractivity contribution is 0.307. The molecule has 5 aromatic carbocycles. The number of fused-ring (bicyclic) bond motifs is 2. The topological polar surface area (TPSA) is 69.0 Å². The average Bonchev–Trinajstić information content (AvgIpc) is 3.07. The van der Waals surface area contributed by atoms with Gasteiger partial charge in [0, 0.05) is 37.0 Å². The number of hydrogen-bond donors (Lipinski definition) is 0. The standard InChI is InChI=1S/C40H40N4O3/c1-7-46-38-21-27(4)35(23-34(38)26(2)3)39-42-36-18-11-10-17-33(36)40(45)44(39)41-24-29-19-20-31(43(5)6)22-37(29)47-25-30-15-12-14-28-13-8-9-16-32(28)30/h8-24,26H,7,25H2,1-6H3. The zero-order valence-electron chi connectivity index (χ0n) is 27.8. The van der Waals surface area contributed by atoms with Crippen LogP contribution in [0.5, 0.6) is 11.5 Å². The maximum absolute atomic E-state index is 14.1. The van der Waals surface area contributed by atoms with E-state index in [-0.39, 0.29) is 11.5 Å². The quantitative estimate of drug-likeness (QED) is 0.143. The summed E-state index contributed by atoms with van der Waals surface area (Å²) in [4.78, 5) is 21.1. The van der Waals surface area contributed by atoms with E-state index >= 15 is 0 Å². The van der Waals surface area contributed by atoms with Gasteiger partial charge >= 0.3 is 0 Å². The normalized spacial score (nSPS) is 11.6. The highest BCUT2D eigenvalue weighted by Gasteiger charge is 2.19. The van der Waals surface area contributed by atoms with Crippen LogP contribution in [0.4, 0.5) is 5.69 Å². The average molecular weight is 625 g/mol. The fourth-order valence-corrected chi connectivity index (χ4v) is 5.80. The Morgan fingerprint density at radius 1 is 0.872 bits per heavy atom. The molecule has 7 heteroatoms. The number of hydrogen-bond acceptors (Lipinski definition) is 6. The molecule has 238 valence electrons. The van der Waals surface area contributed by atoms with Crippen molar-refractivity contribution in [2.45, 2.75) is 40.2 Å². The Hall–Kier alpha value is -5.43. The molecule has 0 amide bonds. The molecule has 0 saturated carbocycles. The summed E-state index contributed by atoms with van der Waals surface area (Å²) in [6, 6.07) is 32.0. The molecule has 0 atom stereocenters.